The maximum atomic E-state index is 6.20. The summed E-state index contributed by atoms with van der Waals surface area (Å²) in [6, 6.07) is 10.8. The van der Waals surface area contributed by atoms with E-state index in [0.717, 1.165) is 28.7 Å². The van der Waals surface area contributed by atoms with Crippen LogP contribution in [0.1, 0.15) is 31.0 Å². The smallest absolute Gasteiger partial charge is 0.137 e. The molecule has 0 radical (unpaired) electrons. The number of aryl methyl sites for hydroxylation is 1. The predicted octanol–water partition coefficient (Wildman–Crippen LogP) is 4.15. The van der Waals surface area contributed by atoms with Gasteiger partial charge in [0.05, 0.1) is 17.3 Å². The summed E-state index contributed by atoms with van der Waals surface area (Å²) in [5.74, 6) is 2.43. The molecule has 4 heteroatoms. The molecule has 1 saturated carbocycles. The first kappa shape index (κ1) is 14.5. The van der Waals surface area contributed by atoms with Crippen LogP contribution >= 0.6 is 11.6 Å². The number of aromatic nitrogens is 2. The van der Waals surface area contributed by atoms with Crippen LogP contribution in [0, 0.1) is 12.8 Å². The molecular formula is C17H22ClN3. The molecular weight excluding hydrogens is 282 g/mol. The molecule has 0 bridgehead atoms. The van der Waals surface area contributed by atoms with Crippen molar-refractivity contribution >= 4 is 17.4 Å². The van der Waals surface area contributed by atoms with E-state index in [-0.39, 0.29) is 0 Å². The zero-order valence-electron chi connectivity index (χ0n) is 12.9. The van der Waals surface area contributed by atoms with Crippen LogP contribution in [0.25, 0.3) is 5.69 Å². The molecule has 1 unspecified atom stereocenters. The number of para-hydroxylation sites is 1. The van der Waals surface area contributed by atoms with Crippen molar-refractivity contribution in [2.75, 3.05) is 11.9 Å². The molecule has 21 heavy (non-hydrogen) atoms. The third kappa shape index (κ3) is 2.67. The zero-order valence-corrected chi connectivity index (χ0v) is 13.6. The van der Waals surface area contributed by atoms with E-state index in [1.54, 1.807) is 0 Å². The monoisotopic (exact) mass is 303 g/mol. The third-order valence-corrected chi connectivity index (χ3v) is 4.81. The molecule has 1 atom stereocenters. The highest BCUT2D eigenvalue weighted by atomic mass is 35.5. The van der Waals surface area contributed by atoms with Crippen LogP contribution in [0.3, 0.4) is 0 Å². The molecule has 0 N–H and O–H groups in total. The average Bonchev–Trinajstić information content (AvgIpc) is 3.30. The summed E-state index contributed by atoms with van der Waals surface area (Å²) < 4.78 is 2.03. The molecule has 0 saturated heterocycles. The fourth-order valence-electron chi connectivity index (χ4n) is 2.90. The molecule has 1 fully saturated rings. The number of hydrogen-bond donors (Lipinski definition) is 0. The van der Waals surface area contributed by atoms with Gasteiger partial charge in [0.2, 0.25) is 0 Å². The molecule has 1 aliphatic carbocycles. The number of rotatable bonds is 5. The molecule has 0 spiro atoms. The molecule has 0 aliphatic heterocycles. The van der Waals surface area contributed by atoms with E-state index in [4.69, 9.17) is 16.7 Å². The highest BCUT2D eigenvalue weighted by Crippen LogP contribution is 2.38. The second-order valence-corrected chi connectivity index (χ2v) is 6.22. The Labute approximate surface area is 131 Å². The molecule has 1 aromatic carbocycles. The first-order valence-corrected chi connectivity index (χ1v) is 8.09. The Kier molecular flexibility index (Phi) is 3.94. The van der Waals surface area contributed by atoms with E-state index < -0.39 is 0 Å². The fourth-order valence-corrected chi connectivity index (χ4v) is 3.22. The van der Waals surface area contributed by atoms with Crippen LogP contribution in [0.2, 0.25) is 0 Å². The lowest BCUT2D eigenvalue weighted by Gasteiger charge is -2.28. The highest BCUT2D eigenvalue weighted by Gasteiger charge is 2.33. The third-order valence-electron chi connectivity index (χ3n) is 4.54. The van der Waals surface area contributed by atoms with Crippen LogP contribution in [0.4, 0.5) is 5.82 Å². The maximum Gasteiger partial charge on any atom is 0.137 e. The molecule has 3 nitrogen and oxygen atoms in total. The number of benzene rings is 1. The van der Waals surface area contributed by atoms with Crippen LogP contribution in [-0.4, -0.2) is 22.9 Å². The Hall–Kier alpha value is -1.48. The molecule has 112 valence electrons. The number of alkyl halides is 1. The summed E-state index contributed by atoms with van der Waals surface area (Å²) in [6.07, 6.45) is 2.67. The van der Waals surface area contributed by atoms with Gasteiger partial charge in [0, 0.05) is 18.7 Å². The maximum absolute atomic E-state index is 6.20. The first-order chi connectivity index (χ1) is 10.1. The fraction of sp³-hybridized carbons (Fsp3) is 0.471. The Bertz CT molecular complexity index is 616. The normalized spacial score (nSPS) is 16.0. The molecule has 2 aromatic rings. The number of nitrogens with zero attached hydrogens (tertiary/aromatic N) is 3. The minimum absolute atomic E-state index is 0.496. The van der Waals surface area contributed by atoms with Crippen LogP contribution in [-0.2, 0) is 5.88 Å². The van der Waals surface area contributed by atoms with Crippen molar-refractivity contribution in [3.63, 3.8) is 0 Å². The van der Waals surface area contributed by atoms with Crippen molar-refractivity contribution in [1.29, 1.82) is 0 Å². The van der Waals surface area contributed by atoms with E-state index in [1.165, 1.54) is 12.8 Å². The van der Waals surface area contributed by atoms with E-state index in [0.29, 0.717) is 11.9 Å². The van der Waals surface area contributed by atoms with E-state index >= 15 is 0 Å². The quantitative estimate of drug-likeness (QED) is 0.774. The Balaban J connectivity index is 2.08. The first-order valence-electron chi connectivity index (χ1n) is 7.56. The summed E-state index contributed by atoms with van der Waals surface area (Å²) in [5, 5.41) is 4.73. The van der Waals surface area contributed by atoms with Crippen LogP contribution < -0.4 is 4.90 Å². The van der Waals surface area contributed by atoms with Gasteiger partial charge in [0.15, 0.2) is 0 Å². The van der Waals surface area contributed by atoms with Crippen molar-refractivity contribution in [3.05, 3.63) is 41.6 Å². The molecule has 1 aromatic heterocycles. The van der Waals surface area contributed by atoms with Crippen LogP contribution in [0.5, 0.6) is 0 Å². The lowest BCUT2D eigenvalue weighted by molar-refractivity contribution is 0.595. The molecule has 1 heterocycles. The van der Waals surface area contributed by atoms with Crippen LogP contribution in [0.15, 0.2) is 30.3 Å². The van der Waals surface area contributed by atoms with Gasteiger partial charge >= 0.3 is 0 Å². The average molecular weight is 304 g/mol. The SMILES string of the molecule is Cc1nn(-c2ccccc2)c(N(C)C(C)C2CC2)c1CCl. The van der Waals surface area contributed by atoms with Gasteiger partial charge in [0.1, 0.15) is 5.82 Å². The molecule has 1 aliphatic rings. The van der Waals surface area contributed by atoms with Gasteiger partial charge in [-0.05, 0) is 44.7 Å². The number of anilines is 1. The van der Waals surface area contributed by atoms with Gasteiger partial charge in [0.25, 0.3) is 0 Å². The second kappa shape index (κ2) is 5.72. The van der Waals surface area contributed by atoms with Gasteiger partial charge in [-0.15, -0.1) is 11.6 Å². The largest absolute Gasteiger partial charge is 0.356 e. The molecule has 3 rings (SSSR count). The summed E-state index contributed by atoms with van der Waals surface area (Å²) in [5.41, 5.74) is 3.23. The van der Waals surface area contributed by atoms with Crippen molar-refractivity contribution in [2.45, 2.75) is 38.6 Å². The van der Waals surface area contributed by atoms with E-state index in [2.05, 4.69) is 31.0 Å². The number of halogens is 1. The number of hydrogen-bond acceptors (Lipinski definition) is 2. The Morgan fingerprint density at radius 2 is 2.00 bits per heavy atom. The second-order valence-electron chi connectivity index (χ2n) is 5.96. The van der Waals surface area contributed by atoms with Crippen molar-refractivity contribution in [2.24, 2.45) is 5.92 Å². The van der Waals surface area contributed by atoms with E-state index in [1.807, 2.05) is 29.8 Å². The summed E-state index contributed by atoms with van der Waals surface area (Å²) in [6.45, 7) is 4.34. The van der Waals surface area contributed by atoms with Crippen molar-refractivity contribution in [3.8, 4) is 5.69 Å². The highest BCUT2D eigenvalue weighted by molar-refractivity contribution is 6.17. The molecule has 0 amide bonds. The standard InChI is InChI=1S/C17H22ClN3/c1-12-16(11-18)17(20(3)13(2)14-9-10-14)21(19-12)15-7-5-4-6-8-15/h4-8,13-14H,9-11H2,1-3H3. The summed E-state index contributed by atoms with van der Waals surface area (Å²) >= 11 is 6.20. The predicted molar refractivity (Wildman–Crippen MR) is 88.4 cm³/mol. The van der Waals surface area contributed by atoms with Gasteiger partial charge in [-0.3, -0.25) is 0 Å². The topological polar surface area (TPSA) is 21.1 Å². The lowest BCUT2D eigenvalue weighted by atomic mass is 10.1. The van der Waals surface area contributed by atoms with Gasteiger partial charge in [-0.1, -0.05) is 18.2 Å². The minimum atomic E-state index is 0.496. The van der Waals surface area contributed by atoms with Crippen molar-refractivity contribution < 1.29 is 0 Å². The van der Waals surface area contributed by atoms with E-state index in [9.17, 15) is 0 Å². The summed E-state index contributed by atoms with van der Waals surface area (Å²) in [4.78, 5) is 2.35. The summed E-state index contributed by atoms with van der Waals surface area (Å²) in [7, 11) is 2.16. The van der Waals surface area contributed by atoms with Gasteiger partial charge < -0.3 is 4.90 Å². The minimum Gasteiger partial charge on any atom is -0.356 e. The Morgan fingerprint density at radius 1 is 1.33 bits per heavy atom. The van der Waals surface area contributed by atoms with Gasteiger partial charge in [-0.25, -0.2) is 4.68 Å². The van der Waals surface area contributed by atoms with Crippen molar-refractivity contribution in [1.82, 2.24) is 9.78 Å². The zero-order chi connectivity index (χ0) is 15.0. The Morgan fingerprint density at radius 3 is 2.57 bits per heavy atom. The lowest BCUT2D eigenvalue weighted by Crippen LogP contribution is -2.33. The van der Waals surface area contributed by atoms with Gasteiger partial charge in [-0.2, -0.15) is 5.10 Å².